The number of nitrogens with zero attached hydrogens (tertiary/aromatic N) is 2. The number of anilines is 1. The van der Waals surface area contributed by atoms with Crippen LogP contribution in [0.25, 0.3) is 22.2 Å². The van der Waals surface area contributed by atoms with E-state index in [1.807, 2.05) is 30.3 Å². The van der Waals surface area contributed by atoms with E-state index in [2.05, 4.69) is 19.9 Å². The van der Waals surface area contributed by atoms with Gasteiger partial charge in [0.15, 0.2) is 0 Å². The summed E-state index contributed by atoms with van der Waals surface area (Å²) in [6.45, 7) is 0. The highest BCUT2D eigenvalue weighted by Gasteiger charge is 2.15. The Labute approximate surface area is 144 Å². The van der Waals surface area contributed by atoms with Crippen LogP contribution in [0.3, 0.4) is 0 Å². The molecule has 7 heteroatoms. The number of aromatic amines is 1. The highest BCUT2D eigenvalue weighted by Crippen LogP contribution is 2.29. The Kier molecular flexibility index (Phi) is 3.70. The van der Waals surface area contributed by atoms with E-state index in [9.17, 15) is 8.42 Å². The number of benzene rings is 2. The smallest absolute Gasteiger partial charge is 0.263 e. The summed E-state index contributed by atoms with van der Waals surface area (Å²) in [7, 11) is -3.69. The van der Waals surface area contributed by atoms with Crippen LogP contribution in [0.1, 0.15) is 0 Å². The van der Waals surface area contributed by atoms with Crippen LogP contribution in [0, 0.1) is 0 Å². The van der Waals surface area contributed by atoms with E-state index in [4.69, 9.17) is 0 Å². The molecule has 2 heterocycles. The summed E-state index contributed by atoms with van der Waals surface area (Å²) in [5, 5.41) is 8.17. The third kappa shape index (κ3) is 2.97. The molecule has 0 aliphatic heterocycles. The molecule has 0 fully saturated rings. The van der Waals surface area contributed by atoms with E-state index in [0.717, 1.165) is 22.2 Å². The maximum atomic E-state index is 12.5. The second kappa shape index (κ2) is 6.03. The zero-order valence-electron chi connectivity index (χ0n) is 13.0. The Balaban J connectivity index is 1.75. The molecule has 0 saturated heterocycles. The predicted molar refractivity (Wildman–Crippen MR) is 96.6 cm³/mol. The van der Waals surface area contributed by atoms with Crippen LogP contribution in [0.15, 0.2) is 78.0 Å². The Hall–Kier alpha value is -3.19. The molecule has 2 aromatic heterocycles. The van der Waals surface area contributed by atoms with E-state index >= 15 is 0 Å². The summed E-state index contributed by atoms with van der Waals surface area (Å²) < 4.78 is 27.5. The molecule has 0 amide bonds. The fourth-order valence-electron chi connectivity index (χ4n) is 2.61. The second-order valence-electron chi connectivity index (χ2n) is 5.49. The van der Waals surface area contributed by atoms with Crippen LogP contribution in [-0.4, -0.2) is 23.6 Å². The van der Waals surface area contributed by atoms with Gasteiger partial charge in [-0.3, -0.25) is 14.8 Å². The lowest BCUT2D eigenvalue weighted by Crippen LogP contribution is -2.12. The molecule has 4 aromatic rings. The Bertz CT molecular complexity index is 1120. The molecule has 0 bridgehead atoms. The van der Waals surface area contributed by atoms with E-state index in [-0.39, 0.29) is 4.90 Å². The first-order valence-electron chi connectivity index (χ1n) is 7.60. The summed E-state index contributed by atoms with van der Waals surface area (Å²) in [5.41, 5.74) is 3.04. The summed E-state index contributed by atoms with van der Waals surface area (Å²) >= 11 is 0. The number of sulfonamides is 1. The van der Waals surface area contributed by atoms with Crippen LogP contribution < -0.4 is 4.72 Å². The lowest BCUT2D eigenvalue weighted by Gasteiger charge is -2.08. The number of hydrogen-bond donors (Lipinski definition) is 2. The van der Waals surface area contributed by atoms with Gasteiger partial charge in [-0.1, -0.05) is 30.3 Å². The first-order chi connectivity index (χ1) is 12.1. The summed E-state index contributed by atoms with van der Waals surface area (Å²) in [6.07, 6.45) is 2.84. The van der Waals surface area contributed by atoms with Crippen LogP contribution in [0.5, 0.6) is 0 Å². The van der Waals surface area contributed by atoms with Crippen molar-refractivity contribution < 1.29 is 8.42 Å². The number of hydrogen-bond acceptors (Lipinski definition) is 4. The van der Waals surface area contributed by atoms with Gasteiger partial charge in [0.05, 0.1) is 11.2 Å². The fraction of sp³-hybridized carbons (Fsp3) is 0. The average molecular weight is 350 g/mol. The molecule has 0 unspecified atom stereocenters. The molecule has 2 aromatic carbocycles. The van der Waals surface area contributed by atoms with Crippen LogP contribution in [0.4, 0.5) is 5.69 Å². The molecule has 0 aliphatic carbocycles. The Morgan fingerprint density at radius 3 is 2.56 bits per heavy atom. The van der Waals surface area contributed by atoms with Crippen molar-refractivity contribution in [3.05, 3.63) is 73.1 Å². The number of pyridine rings is 1. The van der Waals surface area contributed by atoms with Gasteiger partial charge in [-0.25, -0.2) is 8.42 Å². The van der Waals surface area contributed by atoms with E-state index in [1.54, 1.807) is 24.3 Å². The van der Waals surface area contributed by atoms with Crippen molar-refractivity contribution in [2.45, 2.75) is 4.90 Å². The maximum absolute atomic E-state index is 12.5. The van der Waals surface area contributed by atoms with Crippen LogP contribution in [0.2, 0.25) is 0 Å². The highest BCUT2D eigenvalue weighted by molar-refractivity contribution is 7.92. The van der Waals surface area contributed by atoms with Crippen molar-refractivity contribution in [3.63, 3.8) is 0 Å². The van der Waals surface area contributed by atoms with E-state index in [1.165, 1.54) is 18.5 Å². The van der Waals surface area contributed by atoms with Gasteiger partial charge in [0.2, 0.25) is 0 Å². The van der Waals surface area contributed by atoms with Crippen molar-refractivity contribution in [2.24, 2.45) is 0 Å². The van der Waals surface area contributed by atoms with Gasteiger partial charge in [0.1, 0.15) is 4.90 Å². The quantitative estimate of drug-likeness (QED) is 0.590. The van der Waals surface area contributed by atoms with Gasteiger partial charge >= 0.3 is 0 Å². The Morgan fingerprint density at radius 2 is 1.80 bits per heavy atom. The molecule has 4 rings (SSSR count). The predicted octanol–water partition coefficient (Wildman–Crippen LogP) is 3.43. The standard InChI is InChI=1S/C18H14N4O2S/c23-25(24,15-7-4-10-19-12-15)22-14-8-9-17-16(11-14)18(21-20-17)13-5-2-1-3-6-13/h1-12,22H,(H,20,21). The number of nitrogens with one attached hydrogen (secondary N) is 2. The monoisotopic (exact) mass is 350 g/mol. The summed E-state index contributed by atoms with van der Waals surface area (Å²) in [6, 6.07) is 18.1. The van der Waals surface area contributed by atoms with Crippen molar-refractivity contribution in [3.8, 4) is 11.3 Å². The molecular formula is C18H14N4O2S. The molecule has 0 radical (unpaired) electrons. The van der Waals surface area contributed by atoms with Crippen LogP contribution in [-0.2, 0) is 10.0 Å². The van der Waals surface area contributed by atoms with Crippen molar-refractivity contribution in [1.82, 2.24) is 15.2 Å². The van der Waals surface area contributed by atoms with Gasteiger partial charge in [0.25, 0.3) is 10.0 Å². The van der Waals surface area contributed by atoms with Crippen LogP contribution >= 0.6 is 0 Å². The van der Waals surface area contributed by atoms with Gasteiger partial charge < -0.3 is 0 Å². The minimum absolute atomic E-state index is 0.116. The minimum Gasteiger partial charge on any atom is -0.280 e. The lowest BCUT2D eigenvalue weighted by molar-refractivity contribution is 0.601. The molecule has 25 heavy (non-hydrogen) atoms. The maximum Gasteiger partial charge on any atom is 0.263 e. The number of aromatic nitrogens is 3. The van der Waals surface area contributed by atoms with Crippen molar-refractivity contribution in [2.75, 3.05) is 4.72 Å². The number of rotatable bonds is 4. The average Bonchev–Trinajstić information content (AvgIpc) is 3.06. The Morgan fingerprint density at radius 1 is 0.960 bits per heavy atom. The first-order valence-corrected chi connectivity index (χ1v) is 9.08. The molecule has 0 atom stereocenters. The van der Waals surface area contributed by atoms with Crippen molar-refractivity contribution >= 4 is 26.6 Å². The zero-order chi connectivity index (χ0) is 17.3. The fourth-order valence-corrected chi connectivity index (χ4v) is 3.63. The second-order valence-corrected chi connectivity index (χ2v) is 7.18. The SMILES string of the molecule is O=S(=O)(Nc1ccc2[nH]nc(-c3ccccc3)c2c1)c1cccnc1. The normalized spacial score (nSPS) is 11.5. The molecular weight excluding hydrogens is 336 g/mol. The number of H-pyrrole nitrogens is 1. The van der Waals surface area contributed by atoms with Gasteiger partial charge in [-0.05, 0) is 30.3 Å². The molecule has 0 aliphatic rings. The summed E-state index contributed by atoms with van der Waals surface area (Å²) in [4.78, 5) is 3.97. The molecule has 0 saturated carbocycles. The third-order valence-electron chi connectivity index (χ3n) is 3.81. The topological polar surface area (TPSA) is 87.7 Å². The molecule has 0 spiro atoms. The largest absolute Gasteiger partial charge is 0.280 e. The molecule has 124 valence electrons. The summed E-state index contributed by atoms with van der Waals surface area (Å²) in [5.74, 6) is 0. The van der Waals surface area contributed by atoms with Gasteiger partial charge in [0, 0.05) is 29.0 Å². The zero-order valence-corrected chi connectivity index (χ0v) is 13.9. The highest BCUT2D eigenvalue weighted by atomic mass is 32.2. The first kappa shape index (κ1) is 15.3. The number of fused-ring (bicyclic) bond motifs is 1. The molecule has 2 N–H and O–H groups in total. The van der Waals surface area contributed by atoms with Crippen molar-refractivity contribution in [1.29, 1.82) is 0 Å². The van der Waals surface area contributed by atoms with Gasteiger partial charge in [-0.15, -0.1) is 0 Å². The van der Waals surface area contributed by atoms with Gasteiger partial charge in [-0.2, -0.15) is 5.10 Å². The van der Waals surface area contributed by atoms with E-state index < -0.39 is 10.0 Å². The lowest BCUT2D eigenvalue weighted by atomic mass is 10.1. The molecule has 6 nitrogen and oxygen atoms in total. The van der Waals surface area contributed by atoms with E-state index in [0.29, 0.717) is 5.69 Å². The minimum atomic E-state index is -3.69. The third-order valence-corrected chi connectivity index (χ3v) is 5.17.